The van der Waals surface area contributed by atoms with Gasteiger partial charge in [0.05, 0.1) is 43.2 Å². The number of aromatic amines is 2. The molecule has 0 radical (unpaired) electrons. The van der Waals surface area contributed by atoms with Crippen LogP contribution in [0.3, 0.4) is 0 Å². The van der Waals surface area contributed by atoms with Crippen LogP contribution in [0.1, 0.15) is 124 Å². The molecule has 2 amide bonds. The van der Waals surface area contributed by atoms with Crippen LogP contribution in [0.2, 0.25) is 0 Å². The van der Waals surface area contributed by atoms with Gasteiger partial charge in [-0.15, -0.1) is 0 Å². The lowest BCUT2D eigenvalue weighted by Crippen LogP contribution is -2.47. The molecule has 28 nitrogen and oxygen atoms in total. The van der Waals surface area contributed by atoms with E-state index in [9.17, 15) is 46.7 Å². The van der Waals surface area contributed by atoms with Crippen molar-refractivity contribution in [3.05, 3.63) is 224 Å². The molecule has 30 heteroatoms. The number of nitro groups is 2. The first-order valence-electron chi connectivity index (χ1n) is 41.2. The summed E-state index contributed by atoms with van der Waals surface area (Å²) in [5.74, 6) is -0.591. The van der Waals surface area contributed by atoms with Crippen LogP contribution in [-0.2, 0) is 29.5 Å². The van der Waals surface area contributed by atoms with Gasteiger partial charge in [0.15, 0.2) is 0 Å². The molecule has 6 N–H and O–H groups in total. The molecule has 0 unspecified atom stereocenters. The zero-order chi connectivity index (χ0) is 83.5. The van der Waals surface area contributed by atoms with Gasteiger partial charge in [-0.2, -0.15) is 0 Å². The molecule has 0 bridgehead atoms. The highest BCUT2D eigenvalue weighted by molar-refractivity contribution is 7.90. The number of fused-ring (bicyclic) bond motifs is 2. The number of benzene rings is 6. The number of aromatic nitrogens is 4. The summed E-state index contributed by atoms with van der Waals surface area (Å²) in [5, 5.41) is 32.4. The van der Waals surface area contributed by atoms with Crippen molar-refractivity contribution in [1.29, 1.82) is 0 Å². The van der Waals surface area contributed by atoms with Gasteiger partial charge >= 0.3 is 0 Å². The molecule has 6 aromatic carbocycles. The Labute approximate surface area is 697 Å². The number of carbonyl (C=O) groups is 2. The molecule has 2 aliphatic carbocycles. The number of nitrogens with one attached hydrogen (secondary N) is 6. The number of amides is 2. The van der Waals surface area contributed by atoms with Gasteiger partial charge < -0.3 is 49.3 Å². The number of hydrogen-bond acceptors (Lipinski definition) is 22. The van der Waals surface area contributed by atoms with E-state index in [1.54, 1.807) is 60.9 Å². The number of H-pyrrole nitrogens is 2. The van der Waals surface area contributed by atoms with Gasteiger partial charge in [0.1, 0.15) is 45.7 Å². The van der Waals surface area contributed by atoms with E-state index < -0.39 is 62.9 Å². The molecule has 6 aliphatic rings. The monoisotopic (exact) mass is 1660 g/mol. The van der Waals surface area contributed by atoms with Crippen LogP contribution in [0.5, 0.6) is 23.0 Å². The van der Waals surface area contributed by atoms with E-state index in [1.165, 1.54) is 70.1 Å². The molecule has 10 aromatic rings. The Morgan fingerprint density at radius 1 is 0.500 bits per heavy atom. The molecule has 4 saturated heterocycles. The highest BCUT2D eigenvalue weighted by atomic mass is 32.2. The Balaban J connectivity index is 0.566. The first-order chi connectivity index (χ1) is 57.8. The number of piperazine rings is 2. The van der Waals surface area contributed by atoms with Crippen LogP contribution < -0.4 is 39.4 Å². The molecule has 4 aliphatic heterocycles. The van der Waals surface area contributed by atoms with Gasteiger partial charge in [-0.05, 0) is 193 Å². The third-order valence-corrected chi connectivity index (χ3v) is 27.0. The quantitative estimate of drug-likeness (QED) is 0.0206. The maximum absolute atomic E-state index is 14.2. The number of sulfonamides is 2. The van der Waals surface area contributed by atoms with Crippen molar-refractivity contribution in [1.82, 2.24) is 39.2 Å². The number of nitrogens with zero attached hydrogens (tertiary/aromatic N) is 8. The second-order valence-electron chi connectivity index (χ2n) is 33.9. The minimum absolute atomic E-state index is 0.0600. The van der Waals surface area contributed by atoms with E-state index in [0.717, 1.165) is 149 Å². The molecule has 16 rings (SSSR count). The number of nitro benzene ring substituents is 2. The standard InChI is InChI=1S/C90H100N14O14S2/c1-89(2)29-21-67(57-99-33-37-101(38-34-99)69-13-17-75(83(47-69)117-71-45-65-23-31-91-85(65)95-55-71)87(105)97-119(111,112)73-15-19-79(81(49-73)103(107)108)93-53-59-25-41-115-42-26-59)77(51-89)63-9-5-61(6-10-63)62-7-11-64(12-8-62)78-52-90(3,4)30-22-68(78)58-100-35-39-102(40-36-100)70-14-18-76(84(48-70)118-72-46-66-24-32-92-86(66)96-56-72)88(106)98-120(113,114)74-16-20-80(82(50-74)104(109)110)94-54-60-27-43-116-44-28-60/h5-20,23-24,31-32,45-50,55-56,59-60,93-94H,21-22,25-30,33-44,51-54,57-58H2,1-4H3,(H,91,95)(H,92,96)(H,97,105)(H,98,106). The number of rotatable bonds is 27. The maximum Gasteiger partial charge on any atom is 0.293 e. The van der Waals surface area contributed by atoms with Crippen molar-refractivity contribution in [2.45, 2.75) is 102 Å². The second kappa shape index (κ2) is 35.0. The molecule has 0 saturated carbocycles. The Kier molecular flexibility index (Phi) is 24.0. The molecule has 4 aromatic heterocycles. The Bertz CT molecular complexity index is 5470. The minimum Gasteiger partial charge on any atom is -0.455 e. The van der Waals surface area contributed by atoms with Crippen molar-refractivity contribution in [3.63, 3.8) is 0 Å². The first-order valence-corrected chi connectivity index (χ1v) is 44.2. The lowest BCUT2D eigenvalue weighted by atomic mass is 9.72. The summed E-state index contributed by atoms with van der Waals surface area (Å²) in [6, 6.07) is 42.7. The predicted octanol–water partition coefficient (Wildman–Crippen LogP) is 16.0. The van der Waals surface area contributed by atoms with Crippen LogP contribution in [-0.4, -0.2) is 173 Å². The van der Waals surface area contributed by atoms with Crippen molar-refractivity contribution in [2.75, 3.05) is 125 Å². The maximum atomic E-state index is 14.2. The Hall–Kier alpha value is -11.5. The van der Waals surface area contributed by atoms with Gasteiger partial charge in [0, 0.05) is 164 Å². The number of ether oxygens (including phenoxy) is 4. The minimum atomic E-state index is -4.62. The second-order valence-corrected chi connectivity index (χ2v) is 37.2. The fourth-order valence-electron chi connectivity index (χ4n) is 17.2. The normalized spacial score (nSPS) is 17.9. The van der Waals surface area contributed by atoms with Gasteiger partial charge in [0.25, 0.3) is 43.2 Å². The van der Waals surface area contributed by atoms with Crippen molar-refractivity contribution < 1.29 is 55.2 Å². The summed E-state index contributed by atoms with van der Waals surface area (Å²) >= 11 is 0. The summed E-state index contributed by atoms with van der Waals surface area (Å²) in [5.41, 5.74) is 12.9. The molecule has 626 valence electrons. The van der Waals surface area contributed by atoms with Gasteiger partial charge in [-0.3, -0.25) is 39.6 Å². The van der Waals surface area contributed by atoms with E-state index in [0.29, 0.717) is 88.5 Å². The van der Waals surface area contributed by atoms with Crippen LogP contribution >= 0.6 is 0 Å². The Morgan fingerprint density at radius 3 is 1.27 bits per heavy atom. The average molecular weight is 1670 g/mol. The fourth-order valence-corrected chi connectivity index (χ4v) is 19.2. The number of carbonyl (C=O) groups excluding carboxylic acids is 2. The molecular formula is C90H100N14O14S2. The predicted molar refractivity (Wildman–Crippen MR) is 463 cm³/mol. The van der Waals surface area contributed by atoms with E-state index in [4.69, 9.17) is 18.9 Å². The largest absolute Gasteiger partial charge is 0.455 e. The summed E-state index contributed by atoms with van der Waals surface area (Å²) in [4.78, 5) is 75.5. The van der Waals surface area contributed by atoms with Gasteiger partial charge in [-0.1, -0.05) is 87.4 Å². The zero-order valence-corrected chi connectivity index (χ0v) is 69.4. The van der Waals surface area contributed by atoms with E-state index >= 15 is 0 Å². The van der Waals surface area contributed by atoms with Crippen LogP contribution in [0.4, 0.5) is 34.1 Å². The molecule has 0 atom stereocenters. The summed E-state index contributed by atoms with van der Waals surface area (Å²) in [6.07, 6.45) is 15.8. The van der Waals surface area contributed by atoms with Gasteiger partial charge in [0.2, 0.25) is 0 Å². The number of allylic oxidation sites excluding steroid dienone is 2. The number of hydrogen-bond donors (Lipinski definition) is 6. The number of anilines is 4. The number of pyridine rings is 2. The third-order valence-electron chi connectivity index (χ3n) is 24.4. The first kappa shape index (κ1) is 82.2. The lowest BCUT2D eigenvalue weighted by Gasteiger charge is -2.39. The smallest absolute Gasteiger partial charge is 0.293 e. The molecular weight excluding hydrogens is 1570 g/mol. The SMILES string of the molecule is CC1(C)CCC(CN2CCN(c3ccc(C(=O)NS(=O)(=O)c4ccc(NCC5CCOCC5)c([N+](=O)[O-])c4)c(Oc4cnc5[nH]ccc5c4)c3)CC2)=C(c2ccc(-c3ccc(C4=C(CN5CCN(c6ccc(C(=O)NS(=O)(=O)c7ccc(NCC8CCOCC8)c([N+](=O)[O-])c7)c(Oc7cnc8[nH]ccc8c7)c6)CC5)CCC(C)(C)C4)cc3)cc2)C1. The van der Waals surface area contributed by atoms with Gasteiger partial charge in [-0.25, -0.2) is 36.2 Å². The summed E-state index contributed by atoms with van der Waals surface area (Å²) < 4.78 is 83.9. The van der Waals surface area contributed by atoms with Crippen molar-refractivity contribution >= 4 is 99.2 Å². The Morgan fingerprint density at radius 2 is 0.883 bits per heavy atom. The molecule has 8 heterocycles. The third kappa shape index (κ3) is 19.2. The average Bonchev–Trinajstić information content (AvgIpc) is 1.27. The lowest BCUT2D eigenvalue weighted by molar-refractivity contribution is -0.384. The highest BCUT2D eigenvalue weighted by Crippen LogP contribution is 2.47. The molecule has 0 spiro atoms. The summed E-state index contributed by atoms with van der Waals surface area (Å²) in [6.45, 7) is 20.2. The van der Waals surface area contributed by atoms with E-state index in [1.807, 2.05) is 12.1 Å². The fraction of sp³-hybridized carbons (Fsp3) is 0.378. The van der Waals surface area contributed by atoms with Crippen LogP contribution in [0.25, 0.3) is 44.3 Å². The summed E-state index contributed by atoms with van der Waals surface area (Å²) in [7, 11) is -9.24. The van der Waals surface area contributed by atoms with Crippen molar-refractivity contribution in [2.24, 2.45) is 22.7 Å². The zero-order valence-electron chi connectivity index (χ0n) is 67.8. The van der Waals surface area contributed by atoms with Crippen molar-refractivity contribution in [3.8, 4) is 34.1 Å². The van der Waals surface area contributed by atoms with E-state index in [-0.39, 0.29) is 56.7 Å². The molecule has 4 fully saturated rings. The van der Waals surface area contributed by atoms with E-state index in [2.05, 4.69) is 136 Å². The molecule has 120 heavy (non-hydrogen) atoms. The topological polar surface area (TPSA) is 344 Å². The van der Waals surface area contributed by atoms with Crippen LogP contribution in [0.15, 0.2) is 191 Å². The highest BCUT2D eigenvalue weighted by Gasteiger charge is 2.35. The van der Waals surface area contributed by atoms with Crippen LogP contribution in [0, 0.1) is 42.9 Å².